The number of hydrogen-bond donors (Lipinski definition) is 2. The molecule has 5 nitrogen and oxygen atoms in total. The Balaban J connectivity index is 2.56. The lowest BCUT2D eigenvalue weighted by molar-refractivity contribution is -0.140. The number of thiophene rings is 1. The fraction of sp³-hybridized carbons (Fsp3) is 0.444. The summed E-state index contributed by atoms with van der Waals surface area (Å²) in [6.07, 6.45) is 0. The van der Waals surface area contributed by atoms with Gasteiger partial charge in [-0.25, -0.2) is 13.1 Å². The first-order chi connectivity index (χ1) is 7.82. The predicted octanol–water partition coefficient (Wildman–Crippen LogP) is 1.65. The molecule has 0 fully saturated rings. The first-order valence-electron chi connectivity index (χ1n) is 4.72. The van der Waals surface area contributed by atoms with Crippen molar-refractivity contribution in [3.05, 3.63) is 20.8 Å². The van der Waals surface area contributed by atoms with Crippen LogP contribution in [0.2, 0.25) is 0 Å². The SMILES string of the molecule is CC(CS(=O)(=O)NCc1cscc1Br)C(=O)O. The van der Waals surface area contributed by atoms with Crippen LogP contribution in [0.25, 0.3) is 0 Å². The molecule has 1 atom stereocenters. The number of carbonyl (C=O) groups is 1. The van der Waals surface area contributed by atoms with Gasteiger partial charge in [0.1, 0.15) is 0 Å². The molecule has 0 bridgehead atoms. The highest BCUT2D eigenvalue weighted by atomic mass is 79.9. The Morgan fingerprint density at radius 3 is 2.71 bits per heavy atom. The van der Waals surface area contributed by atoms with E-state index in [2.05, 4.69) is 20.7 Å². The van der Waals surface area contributed by atoms with E-state index in [0.717, 1.165) is 10.0 Å². The number of nitrogens with one attached hydrogen (secondary N) is 1. The van der Waals surface area contributed by atoms with Crippen molar-refractivity contribution in [3.8, 4) is 0 Å². The Morgan fingerprint density at radius 2 is 2.24 bits per heavy atom. The minimum Gasteiger partial charge on any atom is -0.481 e. The van der Waals surface area contributed by atoms with Gasteiger partial charge in [-0.3, -0.25) is 4.79 Å². The Morgan fingerprint density at radius 1 is 1.59 bits per heavy atom. The second-order valence-corrected chi connectivity index (χ2v) is 7.04. The fourth-order valence-corrected chi connectivity index (χ4v) is 3.82. The molecule has 0 aliphatic rings. The summed E-state index contributed by atoms with van der Waals surface area (Å²) in [6.45, 7) is 1.53. The van der Waals surface area contributed by atoms with Gasteiger partial charge in [-0.05, 0) is 26.9 Å². The Bertz CT molecular complexity index is 497. The lowest BCUT2D eigenvalue weighted by atomic mass is 10.2. The highest BCUT2D eigenvalue weighted by Crippen LogP contribution is 2.21. The van der Waals surface area contributed by atoms with Crippen molar-refractivity contribution in [1.29, 1.82) is 0 Å². The first kappa shape index (κ1) is 14.6. The average molecular weight is 342 g/mol. The van der Waals surface area contributed by atoms with Gasteiger partial charge in [0.15, 0.2) is 0 Å². The summed E-state index contributed by atoms with van der Waals surface area (Å²) in [5, 5.41) is 12.3. The van der Waals surface area contributed by atoms with Crippen LogP contribution in [0.3, 0.4) is 0 Å². The molecule has 0 amide bonds. The highest BCUT2D eigenvalue weighted by molar-refractivity contribution is 9.10. The van der Waals surface area contributed by atoms with E-state index >= 15 is 0 Å². The molecule has 96 valence electrons. The number of hydrogen-bond acceptors (Lipinski definition) is 4. The largest absolute Gasteiger partial charge is 0.481 e. The topological polar surface area (TPSA) is 83.5 Å². The van der Waals surface area contributed by atoms with Crippen LogP contribution in [-0.2, 0) is 21.4 Å². The van der Waals surface area contributed by atoms with Crippen molar-refractivity contribution in [1.82, 2.24) is 4.72 Å². The second-order valence-electron chi connectivity index (χ2n) is 3.59. The first-order valence-corrected chi connectivity index (χ1v) is 8.11. The van der Waals surface area contributed by atoms with E-state index in [1.54, 1.807) is 0 Å². The maximum Gasteiger partial charge on any atom is 0.307 e. The molecule has 17 heavy (non-hydrogen) atoms. The molecule has 0 saturated carbocycles. The Kier molecular flexibility index (Phi) is 5.11. The van der Waals surface area contributed by atoms with Crippen molar-refractivity contribution in [2.24, 2.45) is 5.92 Å². The second kappa shape index (κ2) is 5.94. The van der Waals surface area contributed by atoms with Gasteiger partial charge in [0.2, 0.25) is 10.0 Å². The molecule has 8 heteroatoms. The molecule has 0 aliphatic heterocycles. The summed E-state index contributed by atoms with van der Waals surface area (Å²) in [5.74, 6) is -2.45. The van der Waals surface area contributed by atoms with Crippen LogP contribution in [-0.4, -0.2) is 25.2 Å². The highest BCUT2D eigenvalue weighted by Gasteiger charge is 2.20. The van der Waals surface area contributed by atoms with E-state index in [1.807, 2.05) is 10.8 Å². The van der Waals surface area contributed by atoms with E-state index in [9.17, 15) is 13.2 Å². The molecular weight excluding hydrogens is 330 g/mol. The molecule has 1 rings (SSSR count). The maximum atomic E-state index is 11.6. The van der Waals surface area contributed by atoms with Gasteiger partial charge in [0, 0.05) is 16.4 Å². The van der Waals surface area contributed by atoms with E-state index in [0.29, 0.717) is 0 Å². The summed E-state index contributed by atoms with van der Waals surface area (Å²) in [7, 11) is -3.57. The maximum absolute atomic E-state index is 11.6. The summed E-state index contributed by atoms with van der Waals surface area (Å²) < 4.78 is 26.3. The van der Waals surface area contributed by atoms with Crippen LogP contribution in [0.15, 0.2) is 15.2 Å². The quantitative estimate of drug-likeness (QED) is 0.823. The fourth-order valence-electron chi connectivity index (χ4n) is 1.08. The molecule has 1 aromatic heterocycles. The monoisotopic (exact) mass is 341 g/mol. The zero-order valence-corrected chi connectivity index (χ0v) is 12.2. The van der Waals surface area contributed by atoms with E-state index in [4.69, 9.17) is 5.11 Å². The summed E-state index contributed by atoms with van der Waals surface area (Å²) >= 11 is 4.75. The zero-order valence-electron chi connectivity index (χ0n) is 9.01. The van der Waals surface area contributed by atoms with Crippen LogP contribution in [0.5, 0.6) is 0 Å². The van der Waals surface area contributed by atoms with Crippen molar-refractivity contribution < 1.29 is 18.3 Å². The predicted molar refractivity (Wildman–Crippen MR) is 69.4 cm³/mol. The Labute approximate surface area is 112 Å². The molecule has 0 aromatic carbocycles. The van der Waals surface area contributed by atoms with Crippen LogP contribution in [0, 0.1) is 5.92 Å². The number of halogens is 1. The third kappa shape index (κ3) is 4.74. The van der Waals surface area contributed by atoms with Gasteiger partial charge in [-0.2, -0.15) is 11.3 Å². The minimum atomic E-state index is -3.57. The van der Waals surface area contributed by atoms with E-state index in [1.165, 1.54) is 18.3 Å². The van der Waals surface area contributed by atoms with Gasteiger partial charge >= 0.3 is 5.97 Å². The number of sulfonamides is 1. The molecule has 1 unspecified atom stereocenters. The summed E-state index contributed by atoms with van der Waals surface area (Å²) in [5.41, 5.74) is 0.835. The molecule has 0 spiro atoms. The molecule has 1 heterocycles. The van der Waals surface area contributed by atoms with Crippen molar-refractivity contribution in [3.63, 3.8) is 0 Å². The number of carboxylic acid groups (broad SMARTS) is 1. The molecule has 1 aromatic rings. The molecular formula is C9H12BrNO4S2. The minimum absolute atomic E-state index is 0.165. The number of carboxylic acids is 1. The summed E-state index contributed by atoms with van der Waals surface area (Å²) in [4.78, 5) is 10.6. The van der Waals surface area contributed by atoms with Gasteiger partial charge < -0.3 is 5.11 Å². The molecule has 0 radical (unpaired) electrons. The van der Waals surface area contributed by atoms with E-state index < -0.39 is 27.7 Å². The molecule has 0 aliphatic carbocycles. The average Bonchev–Trinajstić information content (AvgIpc) is 2.60. The van der Waals surface area contributed by atoms with Crippen molar-refractivity contribution in [2.75, 3.05) is 5.75 Å². The van der Waals surface area contributed by atoms with Crippen molar-refractivity contribution in [2.45, 2.75) is 13.5 Å². The number of aliphatic carboxylic acids is 1. The van der Waals surface area contributed by atoms with Gasteiger partial charge in [-0.15, -0.1) is 0 Å². The van der Waals surface area contributed by atoms with Crippen LogP contribution < -0.4 is 4.72 Å². The van der Waals surface area contributed by atoms with Crippen molar-refractivity contribution >= 4 is 43.3 Å². The molecule has 0 saturated heterocycles. The lowest BCUT2D eigenvalue weighted by Crippen LogP contribution is -2.31. The van der Waals surface area contributed by atoms with Crippen LogP contribution >= 0.6 is 27.3 Å². The standard InChI is InChI=1S/C9H12BrNO4S2/c1-6(9(12)13)5-17(14,15)11-2-7-3-16-4-8(7)10/h3-4,6,11H,2,5H2,1H3,(H,12,13). The molecule has 2 N–H and O–H groups in total. The normalized spacial score (nSPS) is 13.5. The van der Waals surface area contributed by atoms with Crippen LogP contribution in [0.1, 0.15) is 12.5 Å². The third-order valence-electron chi connectivity index (χ3n) is 2.06. The summed E-state index contributed by atoms with van der Waals surface area (Å²) in [6, 6.07) is 0. The number of rotatable bonds is 6. The van der Waals surface area contributed by atoms with Gasteiger partial charge in [-0.1, -0.05) is 6.92 Å². The smallest absolute Gasteiger partial charge is 0.307 e. The lowest BCUT2D eigenvalue weighted by Gasteiger charge is -2.08. The van der Waals surface area contributed by atoms with Gasteiger partial charge in [0.05, 0.1) is 11.7 Å². The van der Waals surface area contributed by atoms with E-state index in [-0.39, 0.29) is 6.54 Å². The van der Waals surface area contributed by atoms with Crippen LogP contribution in [0.4, 0.5) is 0 Å². The van der Waals surface area contributed by atoms with Gasteiger partial charge in [0.25, 0.3) is 0 Å². The zero-order chi connectivity index (χ0) is 13.1. The third-order valence-corrected chi connectivity index (χ3v) is 5.42. The Hall–Kier alpha value is -0.440.